The number of anilines is 1. The summed E-state index contributed by atoms with van der Waals surface area (Å²) >= 11 is 1.02. The summed E-state index contributed by atoms with van der Waals surface area (Å²) in [6.07, 6.45) is 1.01. The average Bonchev–Trinajstić information content (AvgIpc) is 2.61. The van der Waals surface area contributed by atoms with Crippen LogP contribution >= 0.6 is 11.8 Å². The van der Waals surface area contributed by atoms with Gasteiger partial charge in [-0.2, -0.15) is 0 Å². The predicted octanol–water partition coefficient (Wildman–Crippen LogP) is 3.52. The molecule has 0 radical (unpaired) electrons. The van der Waals surface area contributed by atoms with Crippen molar-refractivity contribution in [2.45, 2.75) is 21.9 Å². The maximum Gasteiger partial charge on any atom is 0.284 e. The molecule has 140 valence electrons. The Kier molecular flexibility index (Phi) is 5.29. The number of hydrogen-bond donors (Lipinski definition) is 1. The van der Waals surface area contributed by atoms with Crippen LogP contribution in [0, 0.1) is 10.1 Å². The van der Waals surface area contributed by atoms with Crippen LogP contribution in [0.4, 0.5) is 11.5 Å². The molecule has 0 amide bonds. The molecule has 0 unspecified atom stereocenters. The lowest BCUT2D eigenvalue weighted by molar-refractivity contribution is -0.388. The quantitative estimate of drug-likeness (QED) is 0.377. The fourth-order valence-electron chi connectivity index (χ4n) is 2.46. The highest BCUT2D eigenvalue weighted by atomic mass is 32.2. The third kappa shape index (κ3) is 4.17. The minimum absolute atomic E-state index is 0.105. The van der Waals surface area contributed by atoms with Crippen molar-refractivity contribution in [1.82, 2.24) is 9.97 Å². The summed E-state index contributed by atoms with van der Waals surface area (Å²) in [4.78, 5) is 19.9. The largest absolute Gasteiger partial charge is 0.370 e. The Morgan fingerprint density at radius 3 is 2.59 bits per heavy atom. The minimum atomic E-state index is -3.55. The highest BCUT2D eigenvalue weighted by molar-refractivity contribution is 7.99. The number of para-hydroxylation sites is 1. The van der Waals surface area contributed by atoms with Crippen LogP contribution in [0.3, 0.4) is 0 Å². The fourth-order valence-corrected chi connectivity index (χ4v) is 3.95. The zero-order chi connectivity index (χ0) is 19.6. The van der Waals surface area contributed by atoms with Gasteiger partial charge in [-0.05, 0) is 43.0 Å². The van der Waals surface area contributed by atoms with Crippen LogP contribution in [0.15, 0.2) is 57.4 Å². The Morgan fingerprint density at radius 1 is 1.19 bits per heavy atom. The van der Waals surface area contributed by atoms with Crippen molar-refractivity contribution >= 4 is 44.0 Å². The molecule has 1 aromatic heterocycles. The standard InChI is InChI=1S/C17H16N4O4S2/c1-3-18-16-12-6-4-5-7-13(12)19-17(20-16)26-15-9-8-11(27(2,24)25)10-14(15)21(22)23/h4-10H,3H2,1-2H3,(H,18,19,20). The predicted molar refractivity (Wildman–Crippen MR) is 104 cm³/mol. The van der Waals surface area contributed by atoms with Gasteiger partial charge in [0.25, 0.3) is 5.69 Å². The summed E-state index contributed by atoms with van der Waals surface area (Å²) in [5.74, 6) is 0.640. The first-order chi connectivity index (χ1) is 12.8. The van der Waals surface area contributed by atoms with Gasteiger partial charge in [-0.1, -0.05) is 12.1 Å². The number of sulfone groups is 1. The monoisotopic (exact) mass is 404 g/mol. The van der Waals surface area contributed by atoms with E-state index in [9.17, 15) is 18.5 Å². The molecule has 27 heavy (non-hydrogen) atoms. The van der Waals surface area contributed by atoms with Crippen LogP contribution in [-0.4, -0.2) is 36.1 Å². The molecule has 1 heterocycles. The van der Waals surface area contributed by atoms with Crippen LogP contribution in [0.1, 0.15) is 6.92 Å². The molecule has 0 atom stereocenters. The molecule has 0 fully saturated rings. The van der Waals surface area contributed by atoms with Gasteiger partial charge in [-0.3, -0.25) is 10.1 Å². The Hall–Kier alpha value is -2.72. The second-order valence-corrected chi connectivity index (χ2v) is 8.69. The van der Waals surface area contributed by atoms with Crippen molar-refractivity contribution in [3.63, 3.8) is 0 Å². The normalized spacial score (nSPS) is 11.5. The second-order valence-electron chi connectivity index (χ2n) is 5.66. The SMILES string of the molecule is CCNc1nc(Sc2ccc(S(C)(=O)=O)cc2[N+](=O)[O-])nc2ccccc12. The van der Waals surface area contributed by atoms with Gasteiger partial charge in [0.15, 0.2) is 15.0 Å². The molecule has 3 rings (SSSR count). The van der Waals surface area contributed by atoms with Crippen molar-refractivity contribution in [2.24, 2.45) is 0 Å². The van der Waals surface area contributed by atoms with Crippen molar-refractivity contribution in [3.8, 4) is 0 Å². The molecule has 0 aliphatic heterocycles. The maximum absolute atomic E-state index is 11.7. The molecule has 0 bridgehead atoms. The minimum Gasteiger partial charge on any atom is -0.370 e. The van der Waals surface area contributed by atoms with Gasteiger partial charge in [0, 0.05) is 24.3 Å². The van der Waals surface area contributed by atoms with Gasteiger partial charge in [0.05, 0.1) is 20.2 Å². The van der Waals surface area contributed by atoms with Crippen molar-refractivity contribution in [3.05, 3.63) is 52.6 Å². The molecule has 3 aromatic rings. The summed E-state index contributed by atoms with van der Waals surface area (Å²) in [6, 6.07) is 11.3. The first kappa shape index (κ1) is 19.1. The number of hydrogen-bond acceptors (Lipinski definition) is 8. The summed E-state index contributed by atoms with van der Waals surface area (Å²) in [5, 5.41) is 15.8. The van der Waals surface area contributed by atoms with Gasteiger partial charge in [-0.15, -0.1) is 0 Å². The molecule has 0 saturated carbocycles. The molecule has 0 saturated heterocycles. The van der Waals surface area contributed by atoms with Crippen LogP contribution in [0.2, 0.25) is 0 Å². The number of fused-ring (bicyclic) bond motifs is 1. The van der Waals surface area contributed by atoms with Gasteiger partial charge >= 0.3 is 0 Å². The third-order valence-electron chi connectivity index (χ3n) is 3.68. The number of nitro groups is 1. The van der Waals surface area contributed by atoms with Crippen LogP contribution in [0.25, 0.3) is 10.9 Å². The number of nitro benzene ring substituents is 1. The lowest BCUT2D eigenvalue weighted by Gasteiger charge is -2.09. The maximum atomic E-state index is 11.7. The molecular weight excluding hydrogens is 388 g/mol. The van der Waals surface area contributed by atoms with Gasteiger partial charge in [-0.25, -0.2) is 18.4 Å². The molecule has 0 aliphatic rings. The van der Waals surface area contributed by atoms with E-state index in [-0.39, 0.29) is 15.5 Å². The van der Waals surface area contributed by atoms with E-state index < -0.39 is 14.8 Å². The number of nitrogens with one attached hydrogen (secondary N) is 1. The smallest absolute Gasteiger partial charge is 0.284 e. The Balaban J connectivity index is 2.08. The van der Waals surface area contributed by atoms with E-state index >= 15 is 0 Å². The molecule has 1 N–H and O–H groups in total. The molecule has 10 heteroatoms. The summed E-state index contributed by atoms with van der Waals surface area (Å²) in [7, 11) is -3.55. The third-order valence-corrected chi connectivity index (χ3v) is 5.72. The van der Waals surface area contributed by atoms with Crippen molar-refractivity contribution in [1.29, 1.82) is 0 Å². The summed E-state index contributed by atoms with van der Waals surface area (Å²) in [5.41, 5.74) is 0.408. The second kappa shape index (κ2) is 7.49. The Bertz CT molecular complexity index is 1130. The average molecular weight is 404 g/mol. The van der Waals surface area contributed by atoms with Crippen LogP contribution < -0.4 is 5.32 Å². The highest BCUT2D eigenvalue weighted by Gasteiger charge is 2.21. The molecule has 0 aliphatic carbocycles. The van der Waals surface area contributed by atoms with Crippen LogP contribution in [0.5, 0.6) is 0 Å². The van der Waals surface area contributed by atoms with Gasteiger partial charge in [0.2, 0.25) is 0 Å². The van der Waals surface area contributed by atoms with E-state index in [2.05, 4.69) is 15.3 Å². The van der Waals surface area contributed by atoms with Gasteiger partial charge < -0.3 is 5.32 Å². The summed E-state index contributed by atoms with van der Waals surface area (Å²) in [6.45, 7) is 2.60. The molecule has 2 aromatic carbocycles. The number of benzene rings is 2. The van der Waals surface area contributed by atoms with E-state index in [1.165, 1.54) is 12.1 Å². The number of rotatable bonds is 6. The van der Waals surface area contributed by atoms with Crippen LogP contribution in [-0.2, 0) is 9.84 Å². The van der Waals surface area contributed by atoms with Gasteiger partial charge in [0.1, 0.15) is 5.82 Å². The summed E-state index contributed by atoms with van der Waals surface area (Å²) < 4.78 is 23.4. The lowest BCUT2D eigenvalue weighted by atomic mass is 10.2. The van der Waals surface area contributed by atoms with E-state index in [1.807, 2.05) is 31.2 Å². The number of nitrogens with zero attached hydrogens (tertiary/aromatic N) is 3. The van der Waals surface area contributed by atoms with E-state index in [1.54, 1.807) is 0 Å². The first-order valence-electron chi connectivity index (χ1n) is 7.96. The van der Waals surface area contributed by atoms with E-state index in [0.717, 1.165) is 29.5 Å². The van der Waals surface area contributed by atoms with Crippen molar-refractivity contribution < 1.29 is 13.3 Å². The van der Waals surface area contributed by atoms with E-state index in [0.29, 0.717) is 23.0 Å². The first-order valence-corrected chi connectivity index (χ1v) is 10.7. The lowest BCUT2D eigenvalue weighted by Crippen LogP contribution is -2.03. The Labute approximate surface area is 160 Å². The Morgan fingerprint density at radius 2 is 1.93 bits per heavy atom. The zero-order valence-electron chi connectivity index (χ0n) is 14.5. The zero-order valence-corrected chi connectivity index (χ0v) is 16.2. The topological polar surface area (TPSA) is 115 Å². The molecular formula is C17H16N4O4S2. The number of aromatic nitrogens is 2. The highest BCUT2D eigenvalue weighted by Crippen LogP contribution is 2.36. The van der Waals surface area contributed by atoms with E-state index in [4.69, 9.17) is 0 Å². The fraction of sp³-hybridized carbons (Fsp3) is 0.176. The molecule has 0 spiro atoms. The molecule has 8 nitrogen and oxygen atoms in total. The van der Waals surface area contributed by atoms with Crippen molar-refractivity contribution in [2.75, 3.05) is 18.1 Å².